The minimum absolute atomic E-state index is 0.501. The van der Waals surface area contributed by atoms with Crippen molar-refractivity contribution in [3.8, 4) is 0 Å². The maximum Gasteiger partial charge on any atom is 0.0794 e. The van der Waals surface area contributed by atoms with Gasteiger partial charge in [0, 0.05) is 23.7 Å². The lowest BCUT2D eigenvalue weighted by Gasteiger charge is -2.24. The van der Waals surface area contributed by atoms with Crippen molar-refractivity contribution in [2.45, 2.75) is 50.7 Å². The largest absolute Gasteiger partial charge is 0.378 e. The van der Waals surface area contributed by atoms with Crippen molar-refractivity contribution in [1.29, 1.82) is 0 Å². The van der Waals surface area contributed by atoms with E-state index in [9.17, 15) is 0 Å². The van der Waals surface area contributed by atoms with Crippen molar-refractivity contribution in [3.63, 3.8) is 0 Å². The Morgan fingerprint density at radius 2 is 2.53 bits per heavy atom. The number of likely N-dealkylation sites (N-methyl/N-ethyl adjacent to an activating group) is 1. The van der Waals surface area contributed by atoms with Gasteiger partial charge < -0.3 is 10.1 Å². The molecule has 0 radical (unpaired) electrons. The van der Waals surface area contributed by atoms with E-state index in [1.165, 1.54) is 37.0 Å². The molecular formula is C13H22N2OS. The first-order valence-corrected chi connectivity index (χ1v) is 7.42. The van der Waals surface area contributed by atoms with Crippen LogP contribution in [0, 0.1) is 0 Å². The molecule has 0 aromatic carbocycles. The maximum absolute atomic E-state index is 5.77. The number of hydrogen-bond acceptors (Lipinski definition) is 4. The Labute approximate surface area is 108 Å². The van der Waals surface area contributed by atoms with Crippen molar-refractivity contribution in [2.24, 2.45) is 0 Å². The Hall–Kier alpha value is -0.450. The fraction of sp³-hybridized carbons (Fsp3) is 0.769. The average molecular weight is 254 g/mol. The van der Waals surface area contributed by atoms with E-state index in [2.05, 4.69) is 10.3 Å². The van der Waals surface area contributed by atoms with Gasteiger partial charge in [-0.05, 0) is 45.6 Å². The van der Waals surface area contributed by atoms with Gasteiger partial charge in [0.15, 0.2) is 0 Å². The molecule has 0 bridgehead atoms. The molecule has 1 N–H and O–H groups in total. The molecule has 2 unspecified atom stereocenters. The number of hydrogen-bond donors (Lipinski definition) is 1. The topological polar surface area (TPSA) is 34.1 Å². The van der Waals surface area contributed by atoms with Crippen LogP contribution in [-0.4, -0.2) is 30.8 Å². The molecular weight excluding hydrogens is 232 g/mol. The van der Waals surface area contributed by atoms with Gasteiger partial charge in [0.25, 0.3) is 0 Å². The summed E-state index contributed by atoms with van der Waals surface area (Å²) < 4.78 is 5.77. The van der Waals surface area contributed by atoms with Crippen molar-refractivity contribution in [2.75, 3.05) is 13.7 Å². The zero-order chi connectivity index (χ0) is 11.9. The third kappa shape index (κ3) is 4.37. The SMILES string of the molecule is CNC(CCC1CCCCO1)Cc1cncs1. The number of thiazole rings is 1. The smallest absolute Gasteiger partial charge is 0.0794 e. The Bertz CT molecular complexity index is 296. The van der Waals surface area contributed by atoms with Crippen LogP contribution in [0.1, 0.15) is 37.0 Å². The van der Waals surface area contributed by atoms with Crippen LogP contribution >= 0.6 is 11.3 Å². The normalized spacial score (nSPS) is 22.5. The molecule has 96 valence electrons. The highest BCUT2D eigenvalue weighted by atomic mass is 32.1. The molecule has 1 aliphatic heterocycles. The van der Waals surface area contributed by atoms with Crippen LogP contribution in [0.3, 0.4) is 0 Å². The van der Waals surface area contributed by atoms with E-state index in [1.54, 1.807) is 11.3 Å². The predicted octanol–water partition coefficient (Wildman–Crippen LogP) is 2.62. The van der Waals surface area contributed by atoms with E-state index in [-0.39, 0.29) is 0 Å². The standard InChI is InChI=1S/C13H22N2OS/c1-14-11(8-13-9-15-10-17-13)5-6-12-4-2-3-7-16-12/h9-12,14H,2-8H2,1H3. The molecule has 1 fully saturated rings. The molecule has 1 aliphatic rings. The van der Waals surface area contributed by atoms with Crippen LogP contribution in [0.5, 0.6) is 0 Å². The highest BCUT2D eigenvalue weighted by Crippen LogP contribution is 2.19. The molecule has 1 aromatic rings. The van der Waals surface area contributed by atoms with E-state index < -0.39 is 0 Å². The number of rotatable bonds is 6. The van der Waals surface area contributed by atoms with Gasteiger partial charge in [-0.2, -0.15) is 0 Å². The Balaban J connectivity index is 1.71. The van der Waals surface area contributed by atoms with Gasteiger partial charge in [-0.1, -0.05) is 0 Å². The summed E-state index contributed by atoms with van der Waals surface area (Å²) in [5, 5.41) is 3.40. The molecule has 0 spiro atoms. The van der Waals surface area contributed by atoms with E-state index in [0.717, 1.165) is 13.0 Å². The molecule has 3 nitrogen and oxygen atoms in total. The van der Waals surface area contributed by atoms with Gasteiger partial charge in [0.05, 0.1) is 11.6 Å². The predicted molar refractivity (Wildman–Crippen MR) is 71.5 cm³/mol. The van der Waals surface area contributed by atoms with Crippen molar-refractivity contribution < 1.29 is 4.74 Å². The number of nitrogens with zero attached hydrogens (tertiary/aromatic N) is 1. The molecule has 2 heterocycles. The van der Waals surface area contributed by atoms with Crippen LogP contribution < -0.4 is 5.32 Å². The summed E-state index contributed by atoms with van der Waals surface area (Å²) in [7, 11) is 2.05. The molecule has 1 saturated heterocycles. The summed E-state index contributed by atoms with van der Waals surface area (Å²) in [4.78, 5) is 5.49. The number of ether oxygens (including phenoxy) is 1. The molecule has 2 rings (SSSR count). The quantitative estimate of drug-likeness (QED) is 0.847. The highest BCUT2D eigenvalue weighted by Gasteiger charge is 2.16. The van der Waals surface area contributed by atoms with Crippen LogP contribution in [0.15, 0.2) is 11.7 Å². The third-order valence-electron chi connectivity index (χ3n) is 3.45. The first-order chi connectivity index (χ1) is 8.38. The summed E-state index contributed by atoms with van der Waals surface area (Å²) in [5.41, 5.74) is 1.91. The molecule has 1 aromatic heterocycles. The van der Waals surface area contributed by atoms with Crippen molar-refractivity contribution in [3.05, 3.63) is 16.6 Å². The van der Waals surface area contributed by atoms with Gasteiger partial charge in [0.1, 0.15) is 0 Å². The Kier molecular flexibility index (Phi) is 5.42. The average Bonchev–Trinajstić information content (AvgIpc) is 2.88. The minimum atomic E-state index is 0.501. The fourth-order valence-electron chi connectivity index (χ4n) is 2.36. The number of nitrogens with one attached hydrogen (secondary N) is 1. The van der Waals surface area contributed by atoms with Crippen LogP contribution in [-0.2, 0) is 11.2 Å². The summed E-state index contributed by atoms with van der Waals surface area (Å²) in [6.07, 6.45) is 9.78. The lowest BCUT2D eigenvalue weighted by atomic mass is 10.00. The lowest BCUT2D eigenvalue weighted by Crippen LogP contribution is -2.29. The lowest BCUT2D eigenvalue weighted by molar-refractivity contribution is 0.00871. The van der Waals surface area contributed by atoms with E-state index in [4.69, 9.17) is 4.74 Å². The molecule has 2 atom stereocenters. The minimum Gasteiger partial charge on any atom is -0.378 e. The van der Waals surface area contributed by atoms with Crippen molar-refractivity contribution in [1.82, 2.24) is 10.3 Å². The maximum atomic E-state index is 5.77. The summed E-state index contributed by atoms with van der Waals surface area (Å²) in [5.74, 6) is 0. The van der Waals surface area contributed by atoms with E-state index >= 15 is 0 Å². The summed E-state index contributed by atoms with van der Waals surface area (Å²) in [6.45, 7) is 0.962. The zero-order valence-electron chi connectivity index (χ0n) is 10.5. The van der Waals surface area contributed by atoms with Gasteiger partial charge in [-0.25, -0.2) is 0 Å². The second-order valence-electron chi connectivity index (χ2n) is 4.72. The molecule has 0 aliphatic carbocycles. The molecule has 17 heavy (non-hydrogen) atoms. The monoisotopic (exact) mass is 254 g/mol. The van der Waals surface area contributed by atoms with E-state index in [0.29, 0.717) is 12.1 Å². The van der Waals surface area contributed by atoms with Gasteiger partial charge in [-0.3, -0.25) is 4.98 Å². The van der Waals surface area contributed by atoms with Gasteiger partial charge >= 0.3 is 0 Å². The van der Waals surface area contributed by atoms with Gasteiger partial charge in [0.2, 0.25) is 0 Å². The second-order valence-corrected chi connectivity index (χ2v) is 5.69. The highest BCUT2D eigenvalue weighted by molar-refractivity contribution is 7.09. The zero-order valence-corrected chi connectivity index (χ0v) is 11.3. The molecule has 4 heteroatoms. The second kappa shape index (κ2) is 7.09. The first kappa shape index (κ1) is 13.0. The molecule has 0 amide bonds. The number of aromatic nitrogens is 1. The van der Waals surface area contributed by atoms with Crippen LogP contribution in [0.25, 0.3) is 0 Å². The summed E-state index contributed by atoms with van der Waals surface area (Å²) in [6, 6.07) is 0.556. The van der Waals surface area contributed by atoms with Gasteiger partial charge in [-0.15, -0.1) is 11.3 Å². The Morgan fingerprint density at radius 1 is 1.59 bits per heavy atom. The van der Waals surface area contributed by atoms with Crippen molar-refractivity contribution >= 4 is 11.3 Å². The fourth-order valence-corrected chi connectivity index (χ4v) is 3.03. The Morgan fingerprint density at radius 3 is 3.18 bits per heavy atom. The first-order valence-electron chi connectivity index (χ1n) is 6.54. The van der Waals surface area contributed by atoms with Crippen LogP contribution in [0.4, 0.5) is 0 Å². The van der Waals surface area contributed by atoms with Crippen LogP contribution in [0.2, 0.25) is 0 Å². The summed E-state index contributed by atoms with van der Waals surface area (Å²) >= 11 is 1.75. The van der Waals surface area contributed by atoms with E-state index in [1.807, 2.05) is 18.8 Å². The molecule has 0 saturated carbocycles. The third-order valence-corrected chi connectivity index (χ3v) is 4.25.